The van der Waals surface area contributed by atoms with E-state index < -0.39 is 26.7 Å². The Bertz CT molecular complexity index is 792. The molecule has 3 rings (SSSR count). The van der Waals surface area contributed by atoms with Gasteiger partial charge >= 0.3 is 0 Å². The quantitative estimate of drug-likeness (QED) is 0.680. The SMILES string of the molecule is CC12CCC(CS(=O)(=O)O)(C(=O)C1=Cc1ccccc1)C2(C)C. The Kier molecular flexibility index (Phi) is 3.40. The van der Waals surface area contributed by atoms with Crippen LogP contribution in [-0.4, -0.2) is 24.5 Å². The summed E-state index contributed by atoms with van der Waals surface area (Å²) in [6.07, 6.45) is 3.14. The molecule has 0 heterocycles. The molecule has 2 aliphatic carbocycles. The smallest absolute Gasteiger partial charge is 0.265 e. The molecule has 2 aliphatic rings. The Hall–Kier alpha value is -1.46. The molecule has 5 heteroatoms. The normalized spacial score (nSPS) is 34.3. The minimum Gasteiger partial charge on any atom is -0.294 e. The summed E-state index contributed by atoms with van der Waals surface area (Å²) in [5, 5.41) is 0. The van der Waals surface area contributed by atoms with Crippen molar-refractivity contribution >= 4 is 22.0 Å². The lowest BCUT2D eigenvalue weighted by Gasteiger charge is -2.38. The molecule has 124 valence electrons. The Morgan fingerprint density at radius 3 is 2.30 bits per heavy atom. The topological polar surface area (TPSA) is 71.4 Å². The van der Waals surface area contributed by atoms with Gasteiger partial charge in [-0.1, -0.05) is 51.1 Å². The van der Waals surface area contributed by atoms with E-state index in [1.165, 1.54) is 0 Å². The molecule has 1 N–H and O–H groups in total. The van der Waals surface area contributed by atoms with E-state index in [0.29, 0.717) is 12.0 Å². The molecule has 0 spiro atoms. The molecule has 2 saturated carbocycles. The van der Waals surface area contributed by atoms with Crippen molar-refractivity contribution in [3.05, 3.63) is 41.5 Å². The first-order valence-electron chi connectivity index (χ1n) is 7.81. The molecular weight excluding hydrogens is 312 g/mol. The maximum Gasteiger partial charge on any atom is 0.265 e. The van der Waals surface area contributed by atoms with Gasteiger partial charge in [-0.25, -0.2) is 0 Å². The maximum absolute atomic E-state index is 13.1. The van der Waals surface area contributed by atoms with Crippen LogP contribution in [0, 0.1) is 16.2 Å². The van der Waals surface area contributed by atoms with Crippen molar-refractivity contribution in [2.45, 2.75) is 33.6 Å². The minimum atomic E-state index is -4.23. The van der Waals surface area contributed by atoms with Crippen molar-refractivity contribution in [3.8, 4) is 0 Å². The standard InChI is InChI=1S/C18H22O4S/c1-16(2)17(3)9-10-18(16,12-23(20,21)22)15(19)14(17)11-13-7-5-4-6-8-13/h4-8,11H,9-10,12H2,1-3H3,(H,20,21,22). The third-order valence-corrected chi connectivity index (χ3v) is 7.30. The van der Waals surface area contributed by atoms with Gasteiger partial charge in [-0.3, -0.25) is 9.35 Å². The predicted octanol–water partition coefficient (Wildman–Crippen LogP) is 3.35. The number of allylic oxidation sites excluding steroid dienone is 1. The van der Waals surface area contributed by atoms with Crippen LogP contribution >= 0.6 is 0 Å². The van der Waals surface area contributed by atoms with E-state index in [0.717, 1.165) is 12.0 Å². The van der Waals surface area contributed by atoms with Gasteiger partial charge in [0.1, 0.15) is 0 Å². The first kappa shape index (κ1) is 16.4. The van der Waals surface area contributed by atoms with Gasteiger partial charge in [0.05, 0.1) is 11.2 Å². The molecule has 23 heavy (non-hydrogen) atoms. The van der Waals surface area contributed by atoms with Crippen LogP contribution in [0.3, 0.4) is 0 Å². The van der Waals surface area contributed by atoms with Gasteiger partial charge in [0.15, 0.2) is 5.78 Å². The van der Waals surface area contributed by atoms with E-state index in [-0.39, 0.29) is 11.2 Å². The van der Waals surface area contributed by atoms with Crippen LogP contribution in [0.25, 0.3) is 6.08 Å². The van der Waals surface area contributed by atoms with Crippen LogP contribution in [0.2, 0.25) is 0 Å². The average Bonchev–Trinajstić information content (AvgIpc) is 2.70. The minimum absolute atomic E-state index is 0.127. The third-order valence-electron chi connectivity index (χ3n) is 6.44. The summed E-state index contributed by atoms with van der Waals surface area (Å²) in [6, 6.07) is 9.59. The molecule has 0 aliphatic heterocycles. The third kappa shape index (κ3) is 2.13. The van der Waals surface area contributed by atoms with Crippen molar-refractivity contribution in [3.63, 3.8) is 0 Å². The summed E-state index contributed by atoms with van der Waals surface area (Å²) < 4.78 is 32.5. The van der Waals surface area contributed by atoms with Crippen LogP contribution in [0.4, 0.5) is 0 Å². The van der Waals surface area contributed by atoms with Crippen LogP contribution in [-0.2, 0) is 14.9 Å². The highest BCUT2D eigenvalue weighted by molar-refractivity contribution is 7.85. The lowest BCUT2D eigenvalue weighted by atomic mass is 9.65. The van der Waals surface area contributed by atoms with E-state index in [1.54, 1.807) is 0 Å². The van der Waals surface area contributed by atoms with Crippen molar-refractivity contribution in [1.29, 1.82) is 0 Å². The first-order valence-corrected chi connectivity index (χ1v) is 9.42. The molecule has 2 atom stereocenters. The van der Waals surface area contributed by atoms with Crippen molar-refractivity contribution < 1.29 is 17.8 Å². The Labute approximate surface area is 137 Å². The lowest BCUT2D eigenvalue weighted by molar-refractivity contribution is -0.125. The molecule has 0 saturated heterocycles. The molecule has 1 aromatic carbocycles. The summed E-state index contributed by atoms with van der Waals surface area (Å²) in [5.74, 6) is -0.620. The number of carbonyl (C=O) groups is 1. The van der Waals surface area contributed by atoms with Crippen molar-refractivity contribution in [1.82, 2.24) is 0 Å². The van der Waals surface area contributed by atoms with E-state index in [4.69, 9.17) is 0 Å². The van der Waals surface area contributed by atoms with Crippen LogP contribution < -0.4 is 0 Å². The molecule has 2 bridgehead atoms. The Morgan fingerprint density at radius 2 is 1.74 bits per heavy atom. The summed E-state index contributed by atoms with van der Waals surface area (Å²) in [6.45, 7) is 5.95. The second-order valence-corrected chi connectivity index (χ2v) is 9.02. The second kappa shape index (κ2) is 4.77. The highest BCUT2D eigenvalue weighted by Crippen LogP contribution is 2.72. The van der Waals surface area contributed by atoms with Gasteiger partial charge in [0.2, 0.25) is 0 Å². The summed E-state index contributed by atoms with van der Waals surface area (Å²) in [5.41, 5.74) is -0.320. The molecule has 1 aromatic rings. The van der Waals surface area contributed by atoms with Crippen LogP contribution in [0.5, 0.6) is 0 Å². The van der Waals surface area contributed by atoms with Crippen molar-refractivity contribution in [2.24, 2.45) is 16.2 Å². The molecule has 2 unspecified atom stereocenters. The molecule has 0 radical (unpaired) electrons. The van der Waals surface area contributed by atoms with Gasteiger partial charge in [0, 0.05) is 11.0 Å². The monoisotopic (exact) mass is 334 g/mol. The first-order chi connectivity index (χ1) is 10.5. The lowest BCUT2D eigenvalue weighted by Crippen LogP contribution is -2.43. The molecule has 0 amide bonds. The predicted molar refractivity (Wildman–Crippen MR) is 89.4 cm³/mol. The van der Waals surface area contributed by atoms with E-state index in [1.807, 2.05) is 57.2 Å². The fraction of sp³-hybridized carbons (Fsp3) is 0.500. The Morgan fingerprint density at radius 1 is 1.13 bits per heavy atom. The number of benzene rings is 1. The van der Waals surface area contributed by atoms with Gasteiger partial charge in [-0.05, 0) is 29.9 Å². The zero-order valence-electron chi connectivity index (χ0n) is 13.7. The summed E-state index contributed by atoms with van der Waals surface area (Å²) >= 11 is 0. The van der Waals surface area contributed by atoms with E-state index in [9.17, 15) is 17.8 Å². The maximum atomic E-state index is 13.1. The van der Waals surface area contributed by atoms with Gasteiger partial charge < -0.3 is 0 Å². The zero-order chi connectivity index (χ0) is 17.1. The highest BCUT2D eigenvalue weighted by Gasteiger charge is 2.73. The Balaban J connectivity index is 2.17. The fourth-order valence-electron chi connectivity index (χ4n) is 4.56. The van der Waals surface area contributed by atoms with Gasteiger partial charge in [-0.2, -0.15) is 8.42 Å². The van der Waals surface area contributed by atoms with Crippen LogP contribution in [0.1, 0.15) is 39.2 Å². The second-order valence-electron chi connectivity index (χ2n) is 7.56. The fourth-order valence-corrected chi connectivity index (χ4v) is 5.82. The average molecular weight is 334 g/mol. The molecule has 4 nitrogen and oxygen atoms in total. The highest BCUT2D eigenvalue weighted by atomic mass is 32.2. The number of hydrogen-bond acceptors (Lipinski definition) is 3. The molecule has 0 aromatic heterocycles. The molecular formula is C18H22O4S. The number of carbonyl (C=O) groups excluding carboxylic acids is 1. The van der Waals surface area contributed by atoms with E-state index in [2.05, 4.69) is 0 Å². The summed E-state index contributed by atoms with van der Waals surface area (Å²) in [7, 11) is -4.23. The molecule has 2 fully saturated rings. The number of fused-ring (bicyclic) bond motifs is 2. The number of rotatable bonds is 3. The number of Topliss-reactive ketones (excluding diaryl/α,β-unsaturated/α-hetero) is 1. The summed E-state index contributed by atoms with van der Waals surface area (Å²) in [4.78, 5) is 13.1. The van der Waals surface area contributed by atoms with E-state index >= 15 is 0 Å². The van der Waals surface area contributed by atoms with Crippen molar-refractivity contribution in [2.75, 3.05) is 5.75 Å². The number of ketones is 1. The van der Waals surface area contributed by atoms with Gasteiger partial charge in [0.25, 0.3) is 10.1 Å². The zero-order valence-corrected chi connectivity index (χ0v) is 14.5. The largest absolute Gasteiger partial charge is 0.294 e. The van der Waals surface area contributed by atoms with Crippen LogP contribution in [0.15, 0.2) is 35.9 Å². The van der Waals surface area contributed by atoms with Gasteiger partial charge in [-0.15, -0.1) is 0 Å². The number of hydrogen-bond donors (Lipinski definition) is 1.